The van der Waals surface area contributed by atoms with E-state index >= 15 is 0 Å². The lowest BCUT2D eigenvalue weighted by Gasteiger charge is -2.60. The van der Waals surface area contributed by atoms with E-state index in [0.29, 0.717) is 0 Å². The van der Waals surface area contributed by atoms with Gasteiger partial charge in [0.25, 0.3) is 10.1 Å². The lowest BCUT2D eigenvalue weighted by atomic mass is 10.1. The average molecular weight is 2050 g/mol. The molecule has 0 heterocycles. The molecule has 0 amide bonds. The Balaban J connectivity index is 7.34. The largest absolute Gasteiger partial charge is 0.293 e. The third-order valence-corrected chi connectivity index (χ3v) is 54.9. The maximum absolute atomic E-state index is 12.3. The van der Waals surface area contributed by atoms with Gasteiger partial charge in [-0.1, -0.05) is 335 Å². The Hall–Kier alpha value is 11.0. The van der Waals surface area contributed by atoms with Gasteiger partial charge >= 0.3 is 0 Å². The molecule has 0 aliphatic carbocycles. The van der Waals surface area contributed by atoms with Crippen molar-refractivity contribution in [3.05, 3.63) is 0 Å². The second-order valence-corrected chi connectivity index (χ2v) is 50.5. The minimum absolute atomic E-state index is 0.914. The van der Waals surface area contributed by atoms with Crippen molar-refractivity contribution in [2.24, 2.45) is 0 Å². The van der Waals surface area contributed by atoms with Crippen LogP contribution in [-0.4, -0.2) is 46.8 Å². The van der Waals surface area contributed by atoms with Gasteiger partial charge in [-0.3, -0.25) is 4.55 Å². The molecule has 0 aromatic rings. The summed E-state index contributed by atoms with van der Waals surface area (Å²) in [4.78, 5) is 0. The van der Waals surface area contributed by atoms with Crippen molar-refractivity contribution in [2.45, 2.75) is 33.8 Å². The third kappa shape index (κ3) is 8.20. The van der Waals surface area contributed by atoms with E-state index in [4.69, 9.17) is 0 Å². The summed E-state index contributed by atoms with van der Waals surface area (Å²) in [6.07, 6.45) is 0. The molecule has 0 aromatic heterocycles. The van der Waals surface area contributed by atoms with Gasteiger partial charge in [-0.15, -0.1) is 0 Å². The summed E-state index contributed by atoms with van der Waals surface area (Å²) in [7, 11) is -4.77. The van der Waals surface area contributed by atoms with E-state index in [9.17, 15) is 13.0 Å². The first kappa shape index (κ1) is 49.0. The van der Waals surface area contributed by atoms with Gasteiger partial charge in [0, 0.05) is 0 Å². The van der Waals surface area contributed by atoms with Crippen LogP contribution in [0.25, 0.3) is 0 Å². The molecule has 0 bridgehead atoms. The summed E-state index contributed by atoms with van der Waals surface area (Å²) in [5.41, 5.74) is 0. The first-order valence-corrected chi connectivity index (χ1v) is 27.2. The van der Waals surface area contributed by atoms with Crippen LogP contribution in [0, 0.1) is 0 Å². The second-order valence-electron chi connectivity index (χ2n) is 6.66. The highest BCUT2D eigenvalue weighted by Crippen LogP contribution is 2.80. The maximum Gasteiger partial charge on any atom is 0.293 e. The van der Waals surface area contributed by atoms with Gasteiger partial charge in [-0.25, -0.2) is 0 Å². The van der Waals surface area contributed by atoms with E-state index in [1.165, 1.54) is 0 Å². The van der Waals surface area contributed by atoms with Gasteiger partial charge in [0.15, 0.2) is 2.14 Å². The lowest BCUT2D eigenvalue weighted by molar-refractivity contribution is 0.471. The molecule has 230 valence electrons. The van der Waals surface area contributed by atoms with E-state index in [-0.39, 0.29) is 0 Å². The Kier molecular flexibility index (Phi) is 19.8. The standard InChI is InChI=1S/C11HBr23O3S/c12-1(13,2(14,15)4(18,19)6(22,23)8(26,27)10(30,31)32)3(16,17)5(20,21)7(24,25)9(28,29)11(33,34)38(35,36)37/h(H,35,36,37). The highest BCUT2D eigenvalue weighted by atomic mass is 80.0. The summed E-state index contributed by atoms with van der Waals surface area (Å²) >= 11 is 83.4. The molecular weight excluding hydrogens is 2050 g/mol. The zero-order valence-electron chi connectivity index (χ0n) is 15.9. The molecule has 1 N–H and O–H groups in total. The number of hydrogen-bond acceptors (Lipinski definition) is 2. The van der Waals surface area contributed by atoms with Crippen LogP contribution in [0.15, 0.2) is 0 Å². The Morgan fingerprint density at radius 3 is 0.632 bits per heavy atom. The molecule has 0 aromatic carbocycles. The molecular formula is C11HBr23O3S. The Morgan fingerprint density at radius 2 is 0.474 bits per heavy atom. The van der Waals surface area contributed by atoms with Crippen LogP contribution in [0.3, 0.4) is 0 Å². The van der Waals surface area contributed by atoms with Crippen molar-refractivity contribution < 1.29 is 13.0 Å². The highest BCUT2D eigenvalue weighted by Gasteiger charge is 2.81. The smallest absolute Gasteiger partial charge is 0.284 e. The quantitative estimate of drug-likeness (QED) is 0.175. The normalized spacial score (nSPS) is 17.2. The van der Waals surface area contributed by atoms with Crippen LogP contribution in [0.2, 0.25) is 0 Å². The zero-order chi connectivity index (χ0) is 32.0. The first-order valence-electron chi connectivity index (χ1n) is 7.57. The fraction of sp³-hybridized carbons (Fsp3) is 1.00. The SMILES string of the molecule is O=S(=O)(O)C(Br)(Br)C(Br)(Br)C(Br)(Br)C(Br)(Br)C(Br)(Br)C(Br)(Br)C(Br)(Br)C(Br)(Br)C(Br)(Br)C(Br)(Br)C(Br)(Br)Br. The molecule has 38 heavy (non-hydrogen) atoms. The van der Waals surface area contributed by atoms with Gasteiger partial charge in [-0.2, -0.15) is 8.42 Å². The van der Waals surface area contributed by atoms with Crippen molar-refractivity contribution in [1.82, 2.24) is 0 Å². The molecule has 0 aliphatic rings. The molecule has 0 fully saturated rings. The Labute approximate surface area is 413 Å². The van der Waals surface area contributed by atoms with E-state index in [1.807, 2.05) is 0 Å². The summed E-state index contributed by atoms with van der Waals surface area (Å²) in [6, 6.07) is 0. The zero-order valence-corrected chi connectivity index (χ0v) is 53.2. The van der Waals surface area contributed by atoms with Crippen molar-refractivity contribution in [3.63, 3.8) is 0 Å². The minimum atomic E-state index is -4.77. The van der Waals surface area contributed by atoms with Gasteiger partial charge in [0.2, 0.25) is 2.57 Å². The molecule has 0 saturated carbocycles. The van der Waals surface area contributed by atoms with E-state index in [2.05, 4.69) is 366 Å². The predicted molar refractivity (Wildman–Crippen MR) is 247 cm³/mol. The fourth-order valence-electron chi connectivity index (χ4n) is 1.90. The Bertz CT molecular complexity index is 1000. The fourth-order valence-corrected chi connectivity index (χ4v) is 25.0. The average Bonchev–Trinajstić information content (AvgIpc) is 2.64. The Morgan fingerprint density at radius 1 is 0.316 bits per heavy atom. The van der Waals surface area contributed by atoms with Crippen molar-refractivity contribution >= 4 is 377 Å². The molecule has 27 heteroatoms. The lowest BCUT2D eigenvalue weighted by Crippen LogP contribution is -2.71. The summed E-state index contributed by atoms with van der Waals surface area (Å²) in [5, 5.41) is 0. The molecule has 0 spiro atoms. The summed E-state index contributed by atoms with van der Waals surface area (Å²) < 4.78 is 19.3. The highest BCUT2D eigenvalue weighted by molar-refractivity contribution is 9.42. The minimum Gasteiger partial charge on any atom is -0.284 e. The van der Waals surface area contributed by atoms with Crippen LogP contribution < -0.4 is 0 Å². The molecule has 0 saturated heterocycles. The first-order chi connectivity index (χ1) is 15.8. The number of hydrogen-bond donors (Lipinski definition) is 1. The van der Waals surface area contributed by atoms with Crippen LogP contribution in [-0.2, 0) is 10.1 Å². The van der Waals surface area contributed by atoms with Crippen LogP contribution in [0.5, 0.6) is 0 Å². The number of halogens is 23. The number of rotatable bonds is 10. The van der Waals surface area contributed by atoms with Crippen molar-refractivity contribution in [2.75, 3.05) is 0 Å². The van der Waals surface area contributed by atoms with E-state index < -0.39 is 43.9 Å². The van der Waals surface area contributed by atoms with E-state index in [1.54, 1.807) is 0 Å². The molecule has 0 unspecified atom stereocenters. The number of alkyl halides is 23. The molecule has 0 atom stereocenters. The van der Waals surface area contributed by atoms with Gasteiger partial charge < -0.3 is 0 Å². The van der Waals surface area contributed by atoms with Crippen molar-refractivity contribution in [3.8, 4) is 0 Å². The molecule has 0 radical (unpaired) electrons. The van der Waals surface area contributed by atoms with Crippen molar-refractivity contribution in [1.29, 1.82) is 0 Å². The van der Waals surface area contributed by atoms with Gasteiger partial charge in [-0.05, 0) is 31.9 Å². The summed E-state index contributed by atoms with van der Waals surface area (Å²) in [6.45, 7) is 0. The van der Waals surface area contributed by atoms with Crippen LogP contribution >= 0.6 is 366 Å². The topological polar surface area (TPSA) is 54.4 Å². The van der Waals surface area contributed by atoms with Gasteiger partial charge in [0.1, 0.15) is 29.1 Å². The van der Waals surface area contributed by atoms with Gasteiger partial charge in [0.05, 0.1) is 0 Å². The summed E-state index contributed by atoms with van der Waals surface area (Å²) in [5.74, 6) is 0. The van der Waals surface area contributed by atoms with Crippen LogP contribution in [0.1, 0.15) is 0 Å². The second kappa shape index (κ2) is 15.4. The molecule has 3 nitrogen and oxygen atoms in total. The third-order valence-electron chi connectivity index (χ3n) is 4.20. The monoisotopic (exact) mass is 2030 g/mol. The maximum atomic E-state index is 12.3. The van der Waals surface area contributed by atoms with Crippen LogP contribution in [0.4, 0.5) is 0 Å². The van der Waals surface area contributed by atoms with E-state index in [0.717, 1.165) is 0 Å². The molecule has 0 aliphatic heterocycles. The predicted octanol–water partition coefficient (Wildman–Crippen LogP) is 16.5. The molecule has 0 rings (SSSR count).